The van der Waals surface area contributed by atoms with Gasteiger partial charge in [0, 0.05) is 13.1 Å². The van der Waals surface area contributed by atoms with Crippen LogP contribution >= 0.6 is 0 Å². The minimum absolute atomic E-state index is 0.294. The van der Waals surface area contributed by atoms with Crippen LogP contribution < -0.4 is 0 Å². The Hall–Kier alpha value is -1.03. The van der Waals surface area contributed by atoms with Crippen molar-refractivity contribution in [2.45, 2.75) is 6.10 Å². The van der Waals surface area contributed by atoms with E-state index in [0.717, 1.165) is 6.54 Å². The normalized spacial score (nSPS) is 25.5. The molecule has 58 valence electrons. The van der Waals surface area contributed by atoms with E-state index in [1.165, 1.54) is 0 Å². The predicted octanol–water partition coefficient (Wildman–Crippen LogP) is -0.156. The van der Waals surface area contributed by atoms with Gasteiger partial charge in [0.05, 0.1) is 19.2 Å². The van der Waals surface area contributed by atoms with Gasteiger partial charge in [0.25, 0.3) is 0 Å². The molecule has 3 nitrogen and oxygen atoms in total. The number of nitriles is 1. The SMILES string of the molecule is C#CCN1CCOC(C#N)C1. The first-order chi connectivity index (χ1) is 5.36. The molecular weight excluding hydrogens is 140 g/mol. The van der Waals surface area contributed by atoms with Crippen molar-refractivity contribution in [1.29, 1.82) is 5.26 Å². The van der Waals surface area contributed by atoms with Crippen molar-refractivity contribution in [3.8, 4) is 18.4 Å². The molecule has 0 aromatic carbocycles. The van der Waals surface area contributed by atoms with E-state index in [0.29, 0.717) is 19.7 Å². The van der Waals surface area contributed by atoms with Crippen LogP contribution in [0.3, 0.4) is 0 Å². The smallest absolute Gasteiger partial charge is 0.156 e. The topological polar surface area (TPSA) is 36.3 Å². The summed E-state index contributed by atoms with van der Waals surface area (Å²) in [4.78, 5) is 2.04. The van der Waals surface area contributed by atoms with Crippen molar-refractivity contribution in [2.75, 3.05) is 26.2 Å². The molecule has 3 heteroatoms. The average molecular weight is 150 g/mol. The Bertz CT molecular complexity index is 201. The maximum Gasteiger partial charge on any atom is 0.156 e. The fourth-order valence-electron chi connectivity index (χ4n) is 1.05. The lowest BCUT2D eigenvalue weighted by atomic mass is 10.3. The minimum atomic E-state index is -0.294. The molecule has 0 aromatic heterocycles. The van der Waals surface area contributed by atoms with Crippen LogP contribution in [-0.2, 0) is 4.74 Å². The highest BCUT2D eigenvalue weighted by Crippen LogP contribution is 2.02. The van der Waals surface area contributed by atoms with Crippen LogP contribution in [-0.4, -0.2) is 37.2 Å². The summed E-state index contributed by atoms with van der Waals surface area (Å²) in [7, 11) is 0. The third-order valence-electron chi connectivity index (χ3n) is 1.61. The number of rotatable bonds is 1. The van der Waals surface area contributed by atoms with Gasteiger partial charge in [-0.2, -0.15) is 5.26 Å². The second-order valence-corrected chi connectivity index (χ2v) is 2.43. The summed E-state index contributed by atoms with van der Waals surface area (Å²) in [6, 6.07) is 2.06. The number of morpholine rings is 1. The number of nitrogens with zero attached hydrogens (tertiary/aromatic N) is 2. The van der Waals surface area contributed by atoms with Gasteiger partial charge in [-0.3, -0.25) is 4.90 Å². The van der Waals surface area contributed by atoms with Crippen molar-refractivity contribution in [3.63, 3.8) is 0 Å². The first-order valence-electron chi connectivity index (χ1n) is 3.54. The minimum Gasteiger partial charge on any atom is -0.361 e. The number of ether oxygens (including phenoxy) is 1. The Morgan fingerprint density at radius 1 is 1.73 bits per heavy atom. The van der Waals surface area contributed by atoms with E-state index in [2.05, 4.69) is 12.0 Å². The van der Waals surface area contributed by atoms with Gasteiger partial charge in [-0.1, -0.05) is 5.92 Å². The molecule has 1 aliphatic heterocycles. The number of terminal acetylenes is 1. The molecule has 1 atom stereocenters. The summed E-state index contributed by atoms with van der Waals surface area (Å²) in [6.45, 7) is 2.70. The Kier molecular flexibility index (Phi) is 2.92. The zero-order valence-electron chi connectivity index (χ0n) is 6.29. The van der Waals surface area contributed by atoms with Crippen LogP contribution in [0.1, 0.15) is 0 Å². The molecular formula is C8H10N2O. The molecule has 0 bridgehead atoms. The van der Waals surface area contributed by atoms with Gasteiger partial charge < -0.3 is 4.74 Å². The maximum absolute atomic E-state index is 8.52. The van der Waals surface area contributed by atoms with Crippen molar-refractivity contribution in [1.82, 2.24) is 4.90 Å². The van der Waals surface area contributed by atoms with E-state index in [1.54, 1.807) is 0 Å². The predicted molar refractivity (Wildman–Crippen MR) is 40.6 cm³/mol. The van der Waals surface area contributed by atoms with E-state index in [4.69, 9.17) is 16.4 Å². The number of hydrogen-bond acceptors (Lipinski definition) is 3. The molecule has 0 aliphatic carbocycles. The van der Waals surface area contributed by atoms with Gasteiger partial charge in [-0.15, -0.1) is 6.42 Å². The van der Waals surface area contributed by atoms with Crippen LogP contribution in [0, 0.1) is 23.7 Å². The van der Waals surface area contributed by atoms with Crippen LogP contribution in [0.15, 0.2) is 0 Å². The van der Waals surface area contributed by atoms with Crippen molar-refractivity contribution < 1.29 is 4.74 Å². The number of hydrogen-bond donors (Lipinski definition) is 0. The second kappa shape index (κ2) is 3.98. The van der Waals surface area contributed by atoms with Gasteiger partial charge in [0.1, 0.15) is 0 Å². The van der Waals surface area contributed by atoms with E-state index >= 15 is 0 Å². The van der Waals surface area contributed by atoms with E-state index in [1.807, 2.05) is 4.90 Å². The summed E-state index contributed by atoms with van der Waals surface area (Å²) < 4.78 is 5.13. The summed E-state index contributed by atoms with van der Waals surface area (Å²) >= 11 is 0. The summed E-state index contributed by atoms with van der Waals surface area (Å²) in [6.07, 6.45) is 4.84. The third kappa shape index (κ3) is 2.23. The highest BCUT2D eigenvalue weighted by atomic mass is 16.5. The summed E-state index contributed by atoms with van der Waals surface area (Å²) in [5, 5.41) is 8.52. The van der Waals surface area contributed by atoms with E-state index in [9.17, 15) is 0 Å². The Morgan fingerprint density at radius 2 is 2.55 bits per heavy atom. The second-order valence-electron chi connectivity index (χ2n) is 2.43. The molecule has 1 unspecified atom stereocenters. The quantitative estimate of drug-likeness (QED) is 0.487. The standard InChI is InChI=1S/C8H10N2O/c1-2-3-10-4-5-11-8(6-9)7-10/h1,8H,3-5,7H2. The van der Waals surface area contributed by atoms with Crippen LogP contribution in [0.25, 0.3) is 0 Å². The largest absolute Gasteiger partial charge is 0.361 e. The first-order valence-corrected chi connectivity index (χ1v) is 3.54. The molecule has 0 amide bonds. The summed E-state index contributed by atoms with van der Waals surface area (Å²) in [5.74, 6) is 2.54. The molecule has 0 saturated carbocycles. The van der Waals surface area contributed by atoms with Crippen molar-refractivity contribution in [2.24, 2.45) is 0 Å². The van der Waals surface area contributed by atoms with Crippen LogP contribution in [0.2, 0.25) is 0 Å². The lowest BCUT2D eigenvalue weighted by Gasteiger charge is -2.27. The van der Waals surface area contributed by atoms with Gasteiger partial charge in [0.2, 0.25) is 0 Å². The third-order valence-corrected chi connectivity index (χ3v) is 1.61. The molecule has 1 heterocycles. The Morgan fingerprint density at radius 3 is 3.18 bits per heavy atom. The monoisotopic (exact) mass is 150 g/mol. The zero-order valence-corrected chi connectivity index (χ0v) is 6.29. The average Bonchev–Trinajstić information content (AvgIpc) is 2.06. The van der Waals surface area contributed by atoms with Crippen molar-refractivity contribution in [3.05, 3.63) is 0 Å². The molecule has 0 radical (unpaired) electrons. The molecule has 1 fully saturated rings. The highest BCUT2D eigenvalue weighted by molar-refractivity contribution is 4.94. The van der Waals surface area contributed by atoms with Crippen LogP contribution in [0.4, 0.5) is 0 Å². The van der Waals surface area contributed by atoms with E-state index < -0.39 is 0 Å². The van der Waals surface area contributed by atoms with Gasteiger partial charge in [0.15, 0.2) is 6.10 Å². The molecule has 0 N–H and O–H groups in total. The van der Waals surface area contributed by atoms with Gasteiger partial charge in [-0.05, 0) is 0 Å². The van der Waals surface area contributed by atoms with E-state index in [-0.39, 0.29) is 6.10 Å². The molecule has 0 aromatic rings. The maximum atomic E-state index is 8.52. The summed E-state index contributed by atoms with van der Waals surface area (Å²) in [5.41, 5.74) is 0. The Balaban J connectivity index is 2.36. The first kappa shape index (κ1) is 8.07. The van der Waals surface area contributed by atoms with Crippen LogP contribution in [0.5, 0.6) is 0 Å². The molecule has 1 rings (SSSR count). The highest BCUT2D eigenvalue weighted by Gasteiger charge is 2.18. The fourth-order valence-corrected chi connectivity index (χ4v) is 1.05. The molecule has 1 saturated heterocycles. The lowest BCUT2D eigenvalue weighted by molar-refractivity contribution is 0.00594. The van der Waals surface area contributed by atoms with Gasteiger partial charge in [-0.25, -0.2) is 0 Å². The Labute approximate surface area is 66.6 Å². The zero-order chi connectivity index (χ0) is 8.10. The molecule has 1 aliphatic rings. The fraction of sp³-hybridized carbons (Fsp3) is 0.625. The van der Waals surface area contributed by atoms with Gasteiger partial charge >= 0.3 is 0 Å². The van der Waals surface area contributed by atoms with Crippen molar-refractivity contribution >= 4 is 0 Å². The molecule has 11 heavy (non-hydrogen) atoms. The molecule has 0 spiro atoms. The lowest BCUT2D eigenvalue weighted by Crippen LogP contribution is -2.41.